The summed E-state index contributed by atoms with van der Waals surface area (Å²) in [4.78, 5) is 44.5. The molecule has 0 bridgehead atoms. The van der Waals surface area contributed by atoms with E-state index in [9.17, 15) is 14.4 Å². The highest BCUT2D eigenvalue weighted by Gasteiger charge is 2.33. The molecule has 0 radical (unpaired) electrons. The predicted octanol–water partition coefficient (Wildman–Crippen LogP) is 4.50. The number of piperidine rings is 1. The van der Waals surface area contributed by atoms with Gasteiger partial charge < -0.3 is 20.9 Å². The molecule has 3 aliphatic rings. The second-order valence-corrected chi connectivity index (χ2v) is 12.9. The fourth-order valence-corrected chi connectivity index (χ4v) is 7.13. The van der Waals surface area contributed by atoms with Gasteiger partial charge in [-0.1, -0.05) is 44.0 Å². The number of carbonyl (C=O) groups excluding carboxylic acids is 3. The summed E-state index contributed by atoms with van der Waals surface area (Å²) >= 11 is 0. The Kier molecular flexibility index (Phi) is 10.2. The molecule has 2 aromatic carbocycles. The number of rotatable bonds is 9. The second kappa shape index (κ2) is 14.0. The molecule has 232 valence electrons. The van der Waals surface area contributed by atoms with Crippen LogP contribution < -0.4 is 20.9 Å². The van der Waals surface area contributed by atoms with E-state index in [1.807, 2.05) is 31.7 Å². The number of benzene rings is 2. The first-order chi connectivity index (χ1) is 20.7. The highest BCUT2D eigenvalue weighted by Crippen LogP contribution is 2.35. The maximum absolute atomic E-state index is 13.8. The molecular formula is C35H49N5O3. The van der Waals surface area contributed by atoms with Crippen molar-refractivity contribution in [2.24, 2.45) is 17.8 Å². The van der Waals surface area contributed by atoms with Crippen molar-refractivity contribution in [1.82, 2.24) is 20.9 Å². The molecule has 5 rings (SSSR count). The smallest absolute Gasteiger partial charge is 0.251 e. The molecule has 1 aliphatic carbocycles. The van der Waals surface area contributed by atoms with Gasteiger partial charge in [0.2, 0.25) is 11.8 Å². The molecule has 2 heterocycles. The first-order valence-corrected chi connectivity index (χ1v) is 16.3. The molecule has 8 nitrogen and oxygen atoms in total. The molecule has 8 heteroatoms. The van der Waals surface area contributed by atoms with E-state index >= 15 is 0 Å². The molecule has 3 unspecified atom stereocenters. The number of amides is 3. The Labute approximate surface area is 257 Å². The quantitative estimate of drug-likeness (QED) is 0.402. The van der Waals surface area contributed by atoms with Crippen LogP contribution in [0.5, 0.6) is 0 Å². The molecular weight excluding hydrogens is 538 g/mol. The molecule has 2 aromatic rings. The number of nitrogens with zero attached hydrogens (tertiary/aromatic N) is 2. The van der Waals surface area contributed by atoms with Gasteiger partial charge in [0.15, 0.2) is 0 Å². The molecule has 43 heavy (non-hydrogen) atoms. The maximum Gasteiger partial charge on any atom is 0.251 e. The van der Waals surface area contributed by atoms with Gasteiger partial charge in [-0.15, -0.1) is 0 Å². The normalized spacial score (nSPS) is 23.2. The fraction of sp³-hybridized carbons (Fsp3) is 0.571. The lowest BCUT2D eigenvalue weighted by Crippen LogP contribution is -2.50. The van der Waals surface area contributed by atoms with Gasteiger partial charge in [-0.25, -0.2) is 0 Å². The molecule has 2 saturated heterocycles. The fourth-order valence-electron chi connectivity index (χ4n) is 7.13. The van der Waals surface area contributed by atoms with E-state index in [0.29, 0.717) is 12.1 Å². The summed E-state index contributed by atoms with van der Waals surface area (Å²) in [6.45, 7) is 13.9. The number of nitrogens with one attached hydrogen (secondary N) is 3. The van der Waals surface area contributed by atoms with Crippen molar-refractivity contribution in [2.45, 2.75) is 72.4 Å². The zero-order chi connectivity index (χ0) is 30.5. The molecule has 0 spiro atoms. The number of anilines is 1. The number of piperazine rings is 1. The predicted molar refractivity (Wildman–Crippen MR) is 172 cm³/mol. The zero-order valence-electron chi connectivity index (χ0n) is 26.4. The zero-order valence-corrected chi connectivity index (χ0v) is 26.4. The monoisotopic (exact) mass is 587 g/mol. The van der Waals surface area contributed by atoms with Crippen LogP contribution in [0.3, 0.4) is 0 Å². The molecule has 3 N–H and O–H groups in total. The standard InChI is InChI=1S/C35H49N5O3/c1-5-40(35(43)28-8-6-7-9-28)32-20-29(27-12-10-26(11-13-27)22-39-16-14-36-15-17-39)19-30(25(32)4)33(41)37-21-31-23(2)18-24(3)38-34(31)42/h10-13,19-20,23-24,28,31,36H,5-9,14-18,21-22H2,1-4H3,(H,37,41)(H,38,42). The van der Waals surface area contributed by atoms with E-state index < -0.39 is 0 Å². The van der Waals surface area contributed by atoms with Gasteiger partial charge in [0.1, 0.15) is 0 Å². The van der Waals surface area contributed by atoms with Crippen molar-refractivity contribution in [2.75, 3.05) is 44.2 Å². The summed E-state index contributed by atoms with van der Waals surface area (Å²) in [5.41, 5.74) is 5.32. The third-order valence-electron chi connectivity index (χ3n) is 9.73. The van der Waals surface area contributed by atoms with Crippen molar-refractivity contribution in [3.63, 3.8) is 0 Å². The van der Waals surface area contributed by atoms with Gasteiger partial charge in [-0.2, -0.15) is 0 Å². The number of carbonyl (C=O) groups is 3. The first kappa shape index (κ1) is 31.2. The van der Waals surface area contributed by atoms with E-state index in [4.69, 9.17) is 0 Å². The summed E-state index contributed by atoms with van der Waals surface area (Å²) in [5, 5.41) is 9.50. The highest BCUT2D eigenvalue weighted by molar-refractivity contribution is 6.02. The minimum Gasteiger partial charge on any atom is -0.353 e. The van der Waals surface area contributed by atoms with Gasteiger partial charge in [0, 0.05) is 69.0 Å². The van der Waals surface area contributed by atoms with Crippen molar-refractivity contribution in [1.29, 1.82) is 0 Å². The van der Waals surface area contributed by atoms with Crippen molar-refractivity contribution in [3.8, 4) is 11.1 Å². The van der Waals surface area contributed by atoms with Crippen molar-refractivity contribution >= 4 is 23.4 Å². The average molecular weight is 588 g/mol. The minimum atomic E-state index is -0.262. The minimum absolute atomic E-state index is 0.00191. The Bertz CT molecular complexity index is 1300. The van der Waals surface area contributed by atoms with Crippen LogP contribution >= 0.6 is 0 Å². The largest absolute Gasteiger partial charge is 0.353 e. The summed E-state index contributed by atoms with van der Waals surface area (Å²) in [5.74, 6) is -0.0938. The molecule has 3 amide bonds. The Morgan fingerprint density at radius 2 is 1.72 bits per heavy atom. The van der Waals surface area contributed by atoms with Crippen molar-refractivity contribution < 1.29 is 14.4 Å². The maximum atomic E-state index is 13.8. The van der Waals surface area contributed by atoms with Gasteiger partial charge in [0.05, 0.1) is 5.92 Å². The average Bonchev–Trinajstić information content (AvgIpc) is 3.54. The summed E-state index contributed by atoms with van der Waals surface area (Å²) in [6, 6.07) is 12.8. The van der Waals surface area contributed by atoms with Crippen LogP contribution in [0.1, 0.15) is 74.4 Å². The van der Waals surface area contributed by atoms with Crippen molar-refractivity contribution in [3.05, 3.63) is 53.1 Å². The van der Waals surface area contributed by atoms with E-state index in [0.717, 1.165) is 87.2 Å². The lowest BCUT2D eigenvalue weighted by molar-refractivity contribution is -0.129. The van der Waals surface area contributed by atoms with Crippen LogP contribution in [-0.4, -0.2) is 67.9 Å². The molecule has 0 aromatic heterocycles. The van der Waals surface area contributed by atoms with Gasteiger partial charge in [-0.3, -0.25) is 19.3 Å². The third-order valence-corrected chi connectivity index (χ3v) is 9.73. The van der Waals surface area contributed by atoms with Crippen LogP contribution in [0.2, 0.25) is 0 Å². The van der Waals surface area contributed by atoms with E-state index in [1.165, 1.54) is 5.56 Å². The Hall–Kier alpha value is -3.23. The van der Waals surface area contributed by atoms with Crippen LogP contribution in [0.25, 0.3) is 11.1 Å². The van der Waals surface area contributed by atoms with Crippen LogP contribution in [-0.2, 0) is 16.1 Å². The van der Waals surface area contributed by atoms with Gasteiger partial charge in [0.25, 0.3) is 5.91 Å². The van der Waals surface area contributed by atoms with E-state index in [2.05, 4.69) is 58.1 Å². The summed E-state index contributed by atoms with van der Waals surface area (Å²) in [7, 11) is 0. The number of hydrogen-bond donors (Lipinski definition) is 3. The van der Waals surface area contributed by atoms with Gasteiger partial charge in [-0.05, 0) is 80.3 Å². The summed E-state index contributed by atoms with van der Waals surface area (Å²) in [6.07, 6.45) is 4.93. The van der Waals surface area contributed by atoms with Crippen LogP contribution in [0, 0.1) is 24.7 Å². The van der Waals surface area contributed by atoms with Gasteiger partial charge >= 0.3 is 0 Å². The van der Waals surface area contributed by atoms with Crippen LogP contribution in [0.15, 0.2) is 36.4 Å². The Morgan fingerprint density at radius 1 is 1.02 bits per heavy atom. The molecule has 1 saturated carbocycles. The highest BCUT2D eigenvalue weighted by atomic mass is 16.2. The SMILES string of the molecule is CCN(C(=O)C1CCCC1)c1cc(-c2ccc(CN3CCNCC3)cc2)cc(C(=O)NCC2C(=O)NC(C)CC2C)c1C. The lowest BCUT2D eigenvalue weighted by atomic mass is 9.84. The summed E-state index contributed by atoms with van der Waals surface area (Å²) < 4.78 is 0. The van der Waals surface area contributed by atoms with Crippen LogP contribution in [0.4, 0.5) is 5.69 Å². The number of hydrogen-bond acceptors (Lipinski definition) is 5. The Morgan fingerprint density at radius 3 is 2.37 bits per heavy atom. The Balaban J connectivity index is 1.44. The van der Waals surface area contributed by atoms with E-state index in [1.54, 1.807) is 0 Å². The lowest BCUT2D eigenvalue weighted by Gasteiger charge is -2.32. The molecule has 3 atom stereocenters. The second-order valence-electron chi connectivity index (χ2n) is 12.9. The molecule has 2 aliphatic heterocycles. The molecule has 3 fully saturated rings. The topological polar surface area (TPSA) is 93.8 Å². The van der Waals surface area contributed by atoms with E-state index in [-0.39, 0.29) is 48.1 Å². The third kappa shape index (κ3) is 7.29. The first-order valence-electron chi connectivity index (χ1n) is 16.3.